The van der Waals surface area contributed by atoms with Gasteiger partial charge in [0, 0.05) is 75.4 Å². The Morgan fingerprint density at radius 3 is 2.42 bits per heavy atom. The first kappa shape index (κ1) is 42.8. The molecule has 1 unspecified atom stereocenters. The normalized spacial score (nSPS) is 17.4. The van der Waals surface area contributed by atoms with E-state index in [2.05, 4.69) is 26.9 Å². The molecule has 0 saturated carbocycles. The minimum absolute atomic E-state index is 0.00835. The van der Waals surface area contributed by atoms with Gasteiger partial charge in [0.15, 0.2) is 11.4 Å². The van der Waals surface area contributed by atoms with Crippen molar-refractivity contribution in [3.63, 3.8) is 0 Å². The van der Waals surface area contributed by atoms with Crippen molar-refractivity contribution in [1.82, 2.24) is 39.0 Å². The van der Waals surface area contributed by atoms with Crippen LogP contribution < -0.4 is 11.2 Å². The molecular formula is C48H54N8O8. The lowest BCUT2D eigenvalue weighted by Crippen LogP contribution is -2.49. The minimum Gasteiger partial charge on any atom is -0.508 e. The zero-order chi connectivity index (χ0) is 45.0. The molecule has 1 fully saturated rings. The summed E-state index contributed by atoms with van der Waals surface area (Å²) in [7, 11) is 1.74. The smallest absolute Gasteiger partial charge is 0.410 e. The molecule has 334 valence electrons. The maximum atomic E-state index is 14.1. The summed E-state index contributed by atoms with van der Waals surface area (Å²) in [6.07, 6.45) is 0.641. The molecule has 3 aliphatic rings. The van der Waals surface area contributed by atoms with Crippen molar-refractivity contribution in [3.05, 3.63) is 115 Å². The Bertz CT molecular complexity index is 2900. The van der Waals surface area contributed by atoms with E-state index in [1.54, 1.807) is 40.8 Å². The Labute approximate surface area is 369 Å². The van der Waals surface area contributed by atoms with Gasteiger partial charge in [0.2, 0.25) is 0 Å². The lowest BCUT2D eigenvalue weighted by Gasteiger charge is -2.39. The molecule has 0 bridgehead atoms. The Balaban J connectivity index is 0.823. The highest BCUT2D eigenvalue weighted by atomic mass is 16.6. The number of hydrogen-bond acceptors (Lipinski definition) is 12. The highest BCUT2D eigenvalue weighted by molar-refractivity contribution is 5.89. The summed E-state index contributed by atoms with van der Waals surface area (Å²) in [4.78, 5) is 52.2. The number of aryl methyl sites for hydroxylation is 1. The van der Waals surface area contributed by atoms with Crippen molar-refractivity contribution in [1.29, 1.82) is 0 Å². The van der Waals surface area contributed by atoms with E-state index in [1.807, 2.05) is 51.1 Å². The number of amides is 1. The fraction of sp³-hybridized carbons (Fsp3) is 0.396. The average molecular weight is 871 g/mol. The maximum Gasteiger partial charge on any atom is 0.410 e. The number of piperazine rings is 1. The van der Waals surface area contributed by atoms with Gasteiger partial charge in [0.25, 0.3) is 5.56 Å². The maximum absolute atomic E-state index is 14.1. The van der Waals surface area contributed by atoms with Crippen LogP contribution in [0.25, 0.3) is 39.4 Å². The number of fused-ring (bicyclic) bond motifs is 5. The molecule has 3 aliphatic heterocycles. The zero-order valence-corrected chi connectivity index (χ0v) is 36.8. The Morgan fingerprint density at radius 2 is 1.70 bits per heavy atom. The molecule has 6 heterocycles. The van der Waals surface area contributed by atoms with Gasteiger partial charge >= 0.3 is 11.8 Å². The van der Waals surface area contributed by atoms with Crippen molar-refractivity contribution >= 4 is 17.0 Å². The number of aromatic nitrogens is 5. The number of benzene rings is 3. The van der Waals surface area contributed by atoms with Gasteiger partial charge in [-0.05, 0) is 77.9 Å². The lowest BCUT2D eigenvalue weighted by molar-refractivity contribution is -0.0904. The first-order valence-electron chi connectivity index (χ1n) is 22.0. The number of rotatable bonds is 11. The van der Waals surface area contributed by atoms with Crippen LogP contribution in [0, 0.1) is 0 Å². The molecule has 9 rings (SSSR count). The summed E-state index contributed by atoms with van der Waals surface area (Å²) in [5, 5.41) is 38.8. The van der Waals surface area contributed by atoms with Crippen molar-refractivity contribution in [2.45, 2.75) is 71.8 Å². The van der Waals surface area contributed by atoms with Gasteiger partial charge in [0.1, 0.15) is 17.2 Å². The van der Waals surface area contributed by atoms with E-state index in [-0.39, 0.29) is 47.8 Å². The van der Waals surface area contributed by atoms with Crippen LogP contribution in [0.4, 0.5) is 4.79 Å². The van der Waals surface area contributed by atoms with Gasteiger partial charge in [-0.15, -0.1) is 0 Å². The molecule has 0 spiro atoms. The first-order chi connectivity index (χ1) is 30.8. The van der Waals surface area contributed by atoms with E-state index >= 15 is 0 Å². The summed E-state index contributed by atoms with van der Waals surface area (Å²) in [5.74, 6) is 0.219. The van der Waals surface area contributed by atoms with Crippen molar-refractivity contribution in [2.75, 3.05) is 52.9 Å². The van der Waals surface area contributed by atoms with E-state index in [0.717, 1.165) is 66.0 Å². The Kier molecular flexibility index (Phi) is 11.3. The number of aromatic amines is 1. The number of phenols is 3. The molecule has 16 nitrogen and oxygen atoms in total. The molecule has 0 aliphatic carbocycles. The van der Waals surface area contributed by atoms with Crippen LogP contribution in [0.15, 0.2) is 70.3 Å². The number of hydrogen-bond donors (Lipinski definition) is 4. The second-order valence-electron chi connectivity index (χ2n) is 17.5. The first-order valence-corrected chi connectivity index (χ1v) is 22.0. The topological polar surface area (TPSA) is 192 Å². The molecule has 1 atom stereocenters. The van der Waals surface area contributed by atoms with Crippen LogP contribution in [0.1, 0.15) is 73.4 Å². The summed E-state index contributed by atoms with van der Waals surface area (Å²) in [6, 6.07) is 17.8. The number of carbonyl (C=O) groups excluding carboxylic acids is 1. The third-order valence-corrected chi connectivity index (χ3v) is 13.2. The average Bonchev–Trinajstić information content (AvgIpc) is 3.85. The van der Waals surface area contributed by atoms with Crippen LogP contribution in [-0.4, -0.2) is 113 Å². The van der Waals surface area contributed by atoms with Gasteiger partial charge in [-0.25, -0.2) is 24.2 Å². The molecule has 1 saturated heterocycles. The van der Waals surface area contributed by atoms with Crippen LogP contribution in [0.2, 0.25) is 0 Å². The van der Waals surface area contributed by atoms with Crippen molar-refractivity contribution in [2.24, 2.45) is 0 Å². The number of likely N-dealkylation sites (N-methyl/N-ethyl adjacent to an activating group) is 1. The predicted molar refractivity (Wildman–Crippen MR) is 241 cm³/mol. The van der Waals surface area contributed by atoms with E-state index in [4.69, 9.17) is 14.5 Å². The molecule has 3 aromatic heterocycles. The SMILES string of the molecule is CCc1c2c(nc3ccc(O)cc13)-c1cc3c(c(=O)n1C2)COCC3(CC)OC(=O)N(C)CCN1CCN(Cc2ccc(-n3c(-c4cc(C(C)C)c(O)cc4O)n[nH]c3=O)cc2)CC1. The summed E-state index contributed by atoms with van der Waals surface area (Å²) in [6.45, 7) is 13.7. The van der Waals surface area contributed by atoms with Crippen LogP contribution >= 0.6 is 0 Å². The van der Waals surface area contributed by atoms with E-state index in [0.29, 0.717) is 66.1 Å². The third-order valence-electron chi connectivity index (χ3n) is 13.2. The second-order valence-corrected chi connectivity index (χ2v) is 17.5. The Morgan fingerprint density at radius 1 is 0.953 bits per heavy atom. The minimum atomic E-state index is -1.15. The number of phenolic OH excluding ortho intramolecular Hbond substituents is 3. The quantitative estimate of drug-likeness (QED) is 0.123. The number of nitrogens with zero attached hydrogens (tertiary/aromatic N) is 7. The van der Waals surface area contributed by atoms with Gasteiger partial charge in [-0.3, -0.25) is 14.6 Å². The number of ether oxygens (including phenoxy) is 2. The highest BCUT2D eigenvalue weighted by Gasteiger charge is 2.43. The number of aromatic hydroxyl groups is 3. The van der Waals surface area contributed by atoms with Gasteiger partial charge in [-0.2, -0.15) is 5.10 Å². The molecule has 1 amide bonds. The fourth-order valence-corrected chi connectivity index (χ4v) is 9.49. The van der Waals surface area contributed by atoms with Gasteiger partial charge in [-0.1, -0.05) is 39.8 Å². The molecule has 4 N–H and O–H groups in total. The predicted octanol–water partition coefficient (Wildman–Crippen LogP) is 5.79. The third kappa shape index (κ3) is 7.58. The van der Waals surface area contributed by atoms with Crippen LogP contribution in [0.5, 0.6) is 17.2 Å². The molecular weight excluding hydrogens is 817 g/mol. The summed E-state index contributed by atoms with van der Waals surface area (Å²) >= 11 is 0. The summed E-state index contributed by atoms with van der Waals surface area (Å²) < 4.78 is 15.5. The lowest BCUT2D eigenvalue weighted by atomic mass is 9.86. The largest absolute Gasteiger partial charge is 0.508 e. The molecule has 3 aromatic carbocycles. The fourth-order valence-electron chi connectivity index (χ4n) is 9.49. The molecule has 64 heavy (non-hydrogen) atoms. The standard InChI is InChI=1S/C48H54N8O8/c1-6-32-34-20-31(57)12-13-39(34)49-43-36(32)25-55-40(43)22-38-37(45(55)60)26-63-27-48(38,7-2)64-47(62)52(5)14-15-53-16-18-54(19-17-53)24-29-8-10-30(11-9-29)56-44(50-51-46(56)61)35-21-33(28(3)4)41(58)23-42(35)59/h8-13,20-23,28,57-59H,6-7,14-19,24-27H2,1-5H3,(H,51,61). The molecule has 16 heteroatoms. The molecule has 6 aromatic rings. The van der Waals surface area contributed by atoms with E-state index < -0.39 is 17.4 Å². The van der Waals surface area contributed by atoms with E-state index in [1.165, 1.54) is 10.6 Å². The zero-order valence-electron chi connectivity index (χ0n) is 36.8. The van der Waals surface area contributed by atoms with E-state index in [9.17, 15) is 29.7 Å². The number of pyridine rings is 2. The molecule has 0 radical (unpaired) electrons. The van der Waals surface area contributed by atoms with Crippen molar-refractivity contribution in [3.8, 4) is 45.7 Å². The highest BCUT2D eigenvalue weighted by Crippen LogP contribution is 2.42. The van der Waals surface area contributed by atoms with Gasteiger partial charge in [0.05, 0.1) is 53.5 Å². The monoisotopic (exact) mass is 870 g/mol. The number of carbonyl (C=O) groups is 1. The Hall–Kier alpha value is -6.49. The number of nitrogens with one attached hydrogen (secondary N) is 1. The number of H-pyrrole nitrogens is 1. The van der Waals surface area contributed by atoms with Gasteiger partial charge < -0.3 is 34.3 Å². The second kappa shape index (κ2) is 16.9. The van der Waals surface area contributed by atoms with Crippen LogP contribution in [-0.2, 0) is 41.2 Å². The summed E-state index contributed by atoms with van der Waals surface area (Å²) in [5.41, 5.74) is 6.23. The van der Waals surface area contributed by atoms with Crippen molar-refractivity contribution < 1.29 is 29.6 Å². The van der Waals surface area contributed by atoms with Crippen LogP contribution in [0.3, 0.4) is 0 Å².